The van der Waals surface area contributed by atoms with Gasteiger partial charge in [-0.15, -0.1) is 0 Å². The molecular formula is C33H34. The molecule has 1 aliphatic rings. The van der Waals surface area contributed by atoms with E-state index < -0.39 is 0 Å². The van der Waals surface area contributed by atoms with Gasteiger partial charge in [0.1, 0.15) is 0 Å². The van der Waals surface area contributed by atoms with E-state index >= 15 is 0 Å². The van der Waals surface area contributed by atoms with Crippen molar-refractivity contribution in [3.8, 4) is 11.1 Å². The Bertz CT molecular complexity index is 1180. The molecule has 0 bridgehead atoms. The molecule has 0 heteroatoms. The smallest absolute Gasteiger partial charge is 0.0619 e. The summed E-state index contributed by atoms with van der Waals surface area (Å²) in [7, 11) is 0. The molecule has 1 aliphatic carbocycles. The second kappa shape index (κ2) is 7.45. The number of rotatable bonds is 2. The van der Waals surface area contributed by atoms with Crippen molar-refractivity contribution >= 4 is 0 Å². The predicted octanol–water partition coefficient (Wildman–Crippen LogP) is 8.64. The maximum Gasteiger partial charge on any atom is 0.0713 e. The van der Waals surface area contributed by atoms with E-state index in [0.29, 0.717) is 0 Å². The molecule has 0 spiro atoms. The number of benzene rings is 4. The minimum Gasteiger partial charge on any atom is -0.0619 e. The normalized spacial score (nSPS) is 14.6. The fraction of sp³-hybridized carbons (Fsp3) is 0.273. The summed E-state index contributed by atoms with van der Waals surface area (Å²) in [6, 6.07) is 36.6. The van der Waals surface area contributed by atoms with Crippen LogP contribution in [0.3, 0.4) is 0 Å². The Morgan fingerprint density at radius 1 is 0.424 bits per heavy atom. The summed E-state index contributed by atoms with van der Waals surface area (Å²) in [6.45, 7) is 13.7. The zero-order valence-electron chi connectivity index (χ0n) is 20.7. The fourth-order valence-electron chi connectivity index (χ4n) is 5.46. The van der Waals surface area contributed by atoms with E-state index in [1.54, 1.807) is 0 Å². The molecule has 0 unspecified atom stereocenters. The fourth-order valence-corrected chi connectivity index (χ4v) is 5.46. The Morgan fingerprint density at radius 2 is 0.758 bits per heavy atom. The lowest BCUT2D eigenvalue weighted by Gasteiger charge is -2.35. The van der Waals surface area contributed by atoms with E-state index in [1.165, 1.54) is 44.5 Å². The lowest BCUT2D eigenvalue weighted by atomic mass is 9.67. The number of fused-ring (bicyclic) bond motifs is 3. The standard InChI is InChI=1S/C33H34/c1-31(2,3)23-15-19-25(20-16-23)33(26-21-17-24(18-22-26)32(4,5)6)29-13-9-7-11-27(29)28-12-8-10-14-30(28)33/h7-22H,1-6H3. The van der Waals surface area contributed by atoms with Gasteiger partial charge >= 0.3 is 0 Å². The molecule has 0 radical (unpaired) electrons. The molecule has 0 N–H and O–H groups in total. The Labute approximate surface area is 199 Å². The molecule has 0 nitrogen and oxygen atoms in total. The second-order valence-electron chi connectivity index (χ2n) is 11.5. The average molecular weight is 431 g/mol. The van der Waals surface area contributed by atoms with Crippen LogP contribution in [0.4, 0.5) is 0 Å². The largest absolute Gasteiger partial charge is 0.0713 e. The van der Waals surface area contributed by atoms with Crippen LogP contribution in [0.15, 0.2) is 97.1 Å². The van der Waals surface area contributed by atoms with Gasteiger partial charge < -0.3 is 0 Å². The van der Waals surface area contributed by atoms with Gasteiger partial charge in [0.25, 0.3) is 0 Å². The van der Waals surface area contributed by atoms with Crippen LogP contribution in [0.25, 0.3) is 11.1 Å². The minimum absolute atomic E-state index is 0.130. The van der Waals surface area contributed by atoms with Gasteiger partial charge in [-0.2, -0.15) is 0 Å². The third kappa shape index (κ3) is 3.35. The van der Waals surface area contributed by atoms with Crippen LogP contribution in [0.2, 0.25) is 0 Å². The first-order chi connectivity index (χ1) is 15.6. The lowest BCUT2D eigenvalue weighted by Crippen LogP contribution is -2.29. The highest BCUT2D eigenvalue weighted by molar-refractivity contribution is 5.86. The van der Waals surface area contributed by atoms with E-state index in [2.05, 4.69) is 139 Å². The summed E-state index contributed by atoms with van der Waals surface area (Å²) in [4.78, 5) is 0. The van der Waals surface area contributed by atoms with Crippen molar-refractivity contribution in [3.05, 3.63) is 130 Å². The quantitative estimate of drug-likeness (QED) is 0.263. The van der Waals surface area contributed by atoms with Crippen LogP contribution in [-0.4, -0.2) is 0 Å². The van der Waals surface area contributed by atoms with Gasteiger partial charge in [-0.3, -0.25) is 0 Å². The molecule has 0 aromatic heterocycles. The van der Waals surface area contributed by atoms with Crippen LogP contribution >= 0.6 is 0 Å². The maximum atomic E-state index is 2.36. The first-order valence-corrected chi connectivity index (χ1v) is 12.0. The monoisotopic (exact) mass is 430 g/mol. The van der Waals surface area contributed by atoms with Gasteiger partial charge in [0.15, 0.2) is 0 Å². The van der Waals surface area contributed by atoms with Crippen LogP contribution in [0.5, 0.6) is 0 Å². The van der Waals surface area contributed by atoms with Crippen LogP contribution in [-0.2, 0) is 16.2 Å². The molecule has 4 aromatic carbocycles. The minimum atomic E-state index is -0.319. The SMILES string of the molecule is CC(C)(C)c1ccc(C2(c3ccc(C(C)(C)C)cc3)c3ccccc3-c3ccccc32)cc1. The molecule has 0 atom stereocenters. The molecule has 0 saturated carbocycles. The molecule has 0 amide bonds. The molecule has 0 aliphatic heterocycles. The van der Waals surface area contributed by atoms with Gasteiger partial charge in [0.05, 0.1) is 5.41 Å². The zero-order chi connectivity index (χ0) is 23.4. The average Bonchev–Trinajstić information content (AvgIpc) is 3.10. The summed E-state index contributed by atoms with van der Waals surface area (Å²) >= 11 is 0. The summed E-state index contributed by atoms with van der Waals surface area (Å²) in [5, 5.41) is 0. The second-order valence-corrected chi connectivity index (χ2v) is 11.5. The van der Waals surface area contributed by atoms with Gasteiger partial charge in [0, 0.05) is 0 Å². The topological polar surface area (TPSA) is 0 Å². The van der Waals surface area contributed by atoms with Crippen molar-refractivity contribution in [3.63, 3.8) is 0 Å². The summed E-state index contributed by atoms with van der Waals surface area (Å²) in [5.41, 5.74) is 10.8. The lowest BCUT2D eigenvalue weighted by molar-refractivity contribution is 0.588. The van der Waals surface area contributed by atoms with Crippen molar-refractivity contribution in [1.82, 2.24) is 0 Å². The highest BCUT2D eigenvalue weighted by Crippen LogP contribution is 2.56. The van der Waals surface area contributed by atoms with Crippen molar-refractivity contribution in [2.75, 3.05) is 0 Å². The van der Waals surface area contributed by atoms with E-state index in [4.69, 9.17) is 0 Å². The predicted molar refractivity (Wildman–Crippen MR) is 141 cm³/mol. The Kier molecular flexibility index (Phi) is 4.90. The third-order valence-electron chi connectivity index (χ3n) is 7.32. The Morgan fingerprint density at radius 3 is 1.09 bits per heavy atom. The first kappa shape index (κ1) is 21.7. The molecule has 166 valence electrons. The van der Waals surface area contributed by atoms with Gasteiger partial charge in [-0.1, -0.05) is 139 Å². The number of hydrogen-bond donors (Lipinski definition) is 0. The first-order valence-electron chi connectivity index (χ1n) is 12.0. The Hall–Kier alpha value is -3.12. The zero-order valence-corrected chi connectivity index (χ0v) is 20.7. The van der Waals surface area contributed by atoms with Crippen molar-refractivity contribution < 1.29 is 0 Å². The van der Waals surface area contributed by atoms with Gasteiger partial charge in [0.2, 0.25) is 0 Å². The summed E-state index contributed by atoms with van der Waals surface area (Å²) in [5.74, 6) is 0. The number of hydrogen-bond acceptors (Lipinski definition) is 0. The molecule has 33 heavy (non-hydrogen) atoms. The van der Waals surface area contributed by atoms with Crippen LogP contribution < -0.4 is 0 Å². The molecule has 0 fully saturated rings. The third-order valence-corrected chi connectivity index (χ3v) is 7.32. The van der Waals surface area contributed by atoms with E-state index in [-0.39, 0.29) is 16.2 Å². The molecular weight excluding hydrogens is 396 g/mol. The molecule has 4 aromatic rings. The van der Waals surface area contributed by atoms with Crippen molar-refractivity contribution in [2.45, 2.75) is 57.8 Å². The van der Waals surface area contributed by atoms with Gasteiger partial charge in [-0.25, -0.2) is 0 Å². The summed E-state index contributed by atoms with van der Waals surface area (Å²) in [6.07, 6.45) is 0. The maximum absolute atomic E-state index is 2.36. The van der Waals surface area contributed by atoms with Crippen molar-refractivity contribution in [1.29, 1.82) is 0 Å². The molecule has 0 heterocycles. The van der Waals surface area contributed by atoms with Gasteiger partial charge in [-0.05, 0) is 55.3 Å². The summed E-state index contributed by atoms with van der Waals surface area (Å²) < 4.78 is 0. The molecule has 5 rings (SSSR count). The van der Waals surface area contributed by atoms with Crippen molar-refractivity contribution in [2.24, 2.45) is 0 Å². The molecule has 0 saturated heterocycles. The highest BCUT2D eigenvalue weighted by atomic mass is 14.5. The van der Waals surface area contributed by atoms with E-state index in [1.807, 2.05) is 0 Å². The Balaban J connectivity index is 1.83. The van der Waals surface area contributed by atoms with Crippen LogP contribution in [0, 0.1) is 0 Å². The highest BCUT2D eigenvalue weighted by Gasteiger charge is 2.45. The van der Waals surface area contributed by atoms with E-state index in [9.17, 15) is 0 Å². The van der Waals surface area contributed by atoms with E-state index in [0.717, 1.165) is 0 Å². The van der Waals surface area contributed by atoms with Crippen LogP contribution in [0.1, 0.15) is 74.9 Å².